The fourth-order valence-electron chi connectivity index (χ4n) is 3.53. The van der Waals surface area contributed by atoms with E-state index in [2.05, 4.69) is 29.2 Å². The Balaban J connectivity index is 1.57. The minimum atomic E-state index is -1.03. The fraction of sp³-hybridized carbons (Fsp3) is 0.625. The number of fused-ring (bicyclic) bond motifs is 1. The van der Waals surface area contributed by atoms with Crippen LogP contribution in [-0.2, 0) is 0 Å². The summed E-state index contributed by atoms with van der Waals surface area (Å²) in [4.78, 5) is 4.41. The molecule has 2 aliphatic carbocycles. The van der Waals surface area contributed by atoms with Gasteiger partial charge in [0.05, 0.1) is 12.1 Å². The molecule has 4 nitrogen and oxygen atoms in total. The number of rotatable bonds is 3. The van der Waals surface area contributed by atoms with Gasteiger partial charge >= 0.3 is 0 Å². The number of halogens is 1. The highest BCUT2D eigenvalue weighted by Crippen LogP contribution is 2.49. The first kappa shape index (κ1) is 14.5. The van der Waals surface area contributed by atoms with Gasteiger partial charge in [-0.25, -0.2) is 14.1 Å². The van der Waals surface area contributed by atoms with Crippen molar-refractivity contribution in [1.29, 1.82) is 0 Å². The smallest absolute Gasteiger partial charge is 0.209 e. The monoisotopic (exact) mass is 321 g/mol. The Morgan fingerprint density at radius 1 is 1.36 bits per heavy atom. The second-order valence-electron chi connectivity index (χ2n) is 6.78. The van der Waals surface area contributed by atoms with Crippen molar-refractivity contribution in [2.45, 2.75) is 61.3 Å². The Labute approximate surface area is 133 Å². The van der Waals surface area contributed by atoms with Crippen molar-refractivity contribution in [2.24, 2.45) is 5.41 Å². The Hall–Kier alpha value is -1.14. The largest absolute Gasteiger partial charge is 0.393 e. The summed E-state index contributed by atoms with van der Waals surface area (Å²) < 4.78 is 16.2. The zero-order chi connectivity index (χ0) is 15.3. The first-order chi connectivity index (χ1) is 10.5. The number of thioether (sulfide) groups is 1. The molecule has 1 aromatic rings. The normalized spacial score (nSPS) is 39.8. The molecule has 2 heterocycles. The van der Waals surface area contributed by atoms with Gasteiger partial charge in [0.2, 0.25) is 5.16 Å². The van der Waals surface area contributed by atoms with E-state index >= 15 is 0 Å². The Bertz CT molecular complexity index is 637. The Morgan fingerprint density at radius 3 is 2.86 bits per heavy atom. The predicted molar refractivity (Wildman–Crippen MR) is 83.4 cm³/mol. The standard InChI is InChI=1S/C16H20FN3OS/c1-16(5-3-2-4-6-16)13-9-12(17)14-18-15(19-20(13)14)22-11-7-10(21)8-11/h2-5,10-13,21H,6-9H2,1H3/t10?,11?,12-,13-,16?/m0/s1. The van der Waals surface area contributed by atoms with Crippen LogP contribution in [0.5, 0.6) is 0 Å². The van der Waals surface area contributed by atoms with Crippen molar-refractivity contribution in [3.8, 4) is 0 Å². The van der Waals surface area contributed by atoms with E-state index in [1.807, 2.05) is 16.8 Å². The van der Waals surface area contributed by atoms with Crippen LogP contribution in [0.2, 0.25) is 0 Å². The number of aliphatic hydroxyl groups excluding tert-OH is 1. The second kappa shape index (κ2) is 5.20. The summed E-state index contributed by atoms with van der Waals surface area (Å²) in [5.41, 5.74) is -0.105. The average Bonchev–Trinajstić information content (AvgIpc) is 2.99. The molecule has 22 heavy (non-hydrogen) atoms. The topological polar surface area (TPSA) is 50.9 Å². The molecule has 0 saturated heterocycles. The van der Waals surface area contributed by atoms with E-state index in [9.17, 15) is 9.50 Å². The predicted octanol–water partition coefficient (Wildman–Crippen LogP) is 3.37. The highest BCUT2D eigenvalue weighted by atomic mass is 32.2. The third kappa shape index (κ3) is 2.33. The van der Waals surface area contributed by atoms with Gasteiger partial charge in [-0.1, -0.05) is 43.0 Å². The molecule has 3 atom stereocenters. The Kier molecular flexibility index (Phi) is 3.42. The van der Waals surface area contributed by atoms with Gasteiger partial charge in [-0.05, 0) is 19.3 Å². The number of aromatic nitrogens is 3. The number of alkyl halides is 1. The van der Waals surface area contributed by atoms with E-state index in [-0.39, 0.29) is 17.6 Å². The highest BCUT2D eigenvalue weighted by Gasteiger charge is 2.44. The summed E-state index contributed by atoms with van der Waals surface area (Å²) >= 11 is 1.57. The first-order valence-electron chi connectivity index (χ1n) is 7.85. The molecule has 1 aliphatic heterocycles. The van der Waals surface area contributed by atoms with Gasteiger partial charge in [-0.15, -0.1) is 5.10 Å². The van der Waals surface area contributed by atoms with E-state index < -0.39 is 6.17 Å². The number of nitrogens with zero attached hydrogens (tertiary/aromatic N) is 3. The molecule has 6 heteroatoms. The van der Waals surface area contributed by atoms with Crippen LogP contribution in [0, 0.1) is 5.41 Å². The summed E-state index contributed by atoms with van der Waals surface area (Å²) in [6.45, 7) is 2.16. The molecule has 0 amide bonds. The van der Waals surface area contributed by atoms with Crippen LogP contribution < -0.4 is 0 Å². The van der Waals surface area contributed by atoms with Crippen LogP contribution in [0.15, 0.2) is 29.5 Å². The maximum absolute atomic E-state index is 14.4. The van der Waals surface area contributed by atoms with E-state index in [4.69, 9.17) is 0 Å². The molecule has 1 saturated carbocycles. The zero-order valence-corrected chi connectivity index (χ0v) is 13.3. The van der Waals surface area contributed by atoms with Crippen molar-refractivity contribution in [1.82, 2.24) is 14.8 Å². The third-order valence-corrected chi connectivity index (χ3v) is 6.13. The third-order valence-electron chi connectivity index (χ3n) is 5.03. The molecule has 0 spiro atoms. The summed E-state index contributed by atoms with van der Waals surface area (Å²) in [5, 5.41) is 15.0. The van der Waals surface area contributed by atoms with Crippen molar-refractivity contribution in [3.63, 3.8) is 0 Å². The van der Waals surface area contributed by atoms with E-state index in [1.165, 1.54) is 0 Å². The lowest BCUT2D eigenvalue weighted by molar-refractivity contribution is 0.101. The fourth-order valence-corrected chi connectivity index (χ4v) is 4.75. The van der Waals surface area contributed by atoms with E-state index in [1.54, 1.807) is 11.8 Å². The molecular formula is C16H20FN3OS. The molecule has 0 aromatic carbocycles. The number of aliphatic hydroxyl groups is 1. The maximum Gasteiger partial charge on any atom is 0.209 e. The van der Waals surface area contributed by atoms with Crippen LogP contribution in [0.25, 0.3) is 0 Å². The molecule has 0 bridgehead atoms. The van der Waals surface area contributed by atoms with Gasteiger partial charge in [0.1, 0.15) is 0 Å². The lowest BCUT2D eigenvalue weighted by Crippen LogP contribution is -2.30. The van der Waals surface area contributed by atoms with Gasteiger partial charge in [-0.3, -0.25) is 0 Å². The molecule has 1 unspecified atom stereocenters. The molecule has 4 rings (SSSR count). The molecule has 0 radical (unpaired) electrons. The quantitative estimate of drug-likeness (QED) is 0.927. The summed E-state index contributed by atoms with van der Waals surface area (Å²) in [5.74, 6) is 0.469. The number of allylic oxidation sites excluding steroid dienone is 4. The van der Waals surface area contributed by atoms with Crippen molar-refractivity contribution < 1.29 is 9.50 Å². The van der Waals surface area contributed by atoms with Crippen molar-refractivity contribution in [3.05, 3.63) is 30.1 Å². The van der Waals surface area contributed by atoms with Crippen LogP contribution in [-0.4, -0.2) is 31.2 Å². The lowest BCUT2D eigenvalue weighted by Gasteiger charge is -2.33. The van der Waals surface area contributed by atoms with Crippen LogP contribution >= 0.6 is 11.8 Å². The Morgan fingerprint density at radius 2 is 2.18 bits per heavy atom. The molecule has 118 valence electrons. The number of hydrogen-bond acceptors (Lipinski definition) is 4. The van der Waals surface area contributed by atoms with E-state index in [0.717, 1.165) is 19.3 Å². The summed E-state index contributed by atoms with van der Waals surface area (Å²) in [7, 11) is 0. The molecule has 1 aromatic heterocycles. The van der Waals surface area contributed by atoms with Crippen molar-refractivity contribution >= 4 is 11.8 Å². The van der Waals surface area contributed by atoms with Crippen molar-refractivity contribution in [2.75, 3.05) is 0 Å². The highest BCUT2D eigenvalue weighted by molar-refractivity contribution is 7.99. The molecule has 1 N–H and O–H groups in total. The average molecular weight is 321 g/mol. The minimum Gasteiger partial charge on any atom is -0.393 e. The SMILES string of the molecule is CC1([C@@H]2C[C@H](F)c3nc(SC4CC(O)C4)nn32)C=CC=CC1. The van der Waals surface area contributed by atoms with Gasteiger partial charge in [-0.2, -0.15) is 0 Å². The van der Waals surface area contributed by atoms with Gasteiger partial charge in [0.25, 0.3) is 0 Å². The van der Waals surface area contributed by atoms with Crippen LogP contribution in [0.3, 0.4) is 0 Å². The molecule has 3 aliphatic rings. The van der Waals surface area contributed by atoms with Gasteiger partial charge in [0.15, 0.2) is 12.0 Å². The second-order valence-corrected chi connectivity index (χ2v) is 8.05. The van der Waals surface area contributed by atoms with Gasteiger partial charge < -0.3 is 5.11 Å². The summed E-state index contributed by atoms with van der Waals surface area (Å²) in [6, 6.07) is 0.0209. The first-order valence-corrected chi connectivity index (χ1v) is 8.73. The lowest BCUT2D eigenvalue weighted by atomic mass is 9.76. The molecule has 1 fully saturated rings. The maximum atomic E-state index is 14.4. The van der Waals surface area contributed by atoms with Crippen LogP contribution in [0.4, 0.5) is 4.39 Å². The molecular weight excluding hydrogens is 301 g/mol. The van der Waals surface area contributed by atoms with Gasteiger partial charge in [0, 0.05) is 17.1 Å². The number of hydrogen-bond donors (Lipinski definition) is 1. The minimum absolute atomic E-state index is 0.0209. The van der Waals surface area contributed by atoms with E-state index in [0.29, 0.717) is 22.7 Å². The zero-order valence-electron chi connectivity index (χ0n) is 12.5. The van der Waals surface area contributed by atoms with Crippen LogP contribution in [0.1, 0.15) is 50.6 Å². The summed E-state index contributed by atoms with van der Waals surface area (Å²) in [6.07, 6.45) is 10.1.